The van der Waals surface area contributed by atoms with Gasteiger partial charge in [0.2, 0.25) is 11.8 Å². The number of oxazole rings is 1. The summed E-state index contributed by atoms with van der Waals surface area (Å²) >= 11 is 0. The number of amides is 1. The lowest BCUT2D eigenvalue weighted by molar-refractivity contribution is -0.128. The number of carbonyl (C=O) groups excluding carboxylic acids is 1. The zero-order valence-electron chi connectivity index (χ0n) is 18.2. The molecule has 1 aromatic heterocycles. The fourth-order valence-electron chi connectivity index (χ4n) is 3.16. The van der Waals surface area contributed by atoms with E-state index in [0.29, 0.717) is 37.9 Å². The molecule has 1 aliphatic rings. The number of halogens is 1. The van der Waals surface area contributed by atoms with Gasteiger partial charge in [0.1, 0.15) is 5.76 Å². The number of hydrogen-bond donors (Lipinski definition) is 2. The highest BCUT2D eigenvalue weighted by Crippen LogP contribution is 2.22. The Balaban J connectivity index is 0.00000320. The van der Waals surface area contributed by atoms with Gasteiger partial charge in [-0.15, -0.1) is 24.0 Å². The summed E-state index contributed by atoms with van der Waals surface area (Å²) in [5.41, 5.74) is 2.25. The van der Waals surface area contributed by atoms with Crippen LogP contribution >= 0.6 is 24.0 Å². The van der Waals surface area contributed by atoms with Crippen molar-refractivity contribution in [1.82, 2.24) is 20.5 Å². The van der Waals surface area contributed by atoms with Crippen LogP contribution in [0.25, 0.3) is 0 Å². The molecule has 0 atom stereocenters. The largest absolute Gasteiger partial charge is 0.443 e. The molecule has 1 amide bonds. The zero-order valence-corrected chi connectivity index (χ0v) is 20.5. The first-order valence-corrected chi connectivity index (χ1v) is 10.1. The number of hydrogen-bond acceptors (Lipinski definition) is 4. The van der Waals surface area contributed by atoms with Crippen LogP contribution in [0.2, 0.25) is 0 Å². The molecule has 8 heteroatoms. The average molecular weight is 525 g/mol. The first kappa shape index (κ1) is 24.2. The molecule has 1 aliphatic heterocycles. The molecule has 0 saturated carbocycles. The van der Waals surface area contributed by atoms with Gasteiger partial charge >= 0.3 is 0 Å². The van der Waals surface area contributed by atoms with Crippen LogP contribution in [0.4, 0.5) is 0 Å². The Morgan fingerprint density at radius 2 is 1.83 bits per heavy atom. The predicted molar refractivity (Wildman–Crippen MR) is 129 cm³/mol. The van der Waals surface area contributed by atoms with Crippen LogP contribution in [0.5, 0.6) is 0 Å². The van der Waals surface area contributed by atoms with Crippen molar-refractivity contribution in [3.05, 3.63) is 53.2 Å². The van der Waals surface area contributed by atoms with Crippen molar-refractivity contribution in [2.45, 2.75) is 58.7 Å². The monoisotopic (exact) mass is 525 g/mol. The summed E-state index contributed by atoms with van der Waals surface area (Å²) in [6.45, 7) is 8.98. The summed E-state index contributed by atoms with van der Waals surface area (Å²) in [5, 5.41) is 6.52. The minimum Gasteiger partial charge on any atom is -0.443 e. The molecule has 2 heterocycles. The number of nitrogens with zero attached hydrogens (tertiary/aromatic N) is 3. The lowest BCUT2D eigenvalue weighted by atomic mass is 9.94. The topological polar surface area (TPSA) is 82.8 Å². The molecule has 1 fully saturated rings. The molecular weight excluding hydrogens is 493 g/mol. The van der Waals surface area contributed by atoms with Crippen LogP contribution in [-0.2, 0) is 29.8 Å². The van der Waals surface area contributed by atoms with E-state index in [9.17, 15) is 4.79 Å². The van der Waals surface area contributed by atoms with E-state index < -0.39 is 0 Å². The summed E-state index contributed by atoms with van der Waals surface area (Å²) in [6.07, 6.45) is 3.43. The van der Waals surface area contributed by atoms with E-state index in [1.807, 2.05) is 4.90 Å². The summed E-state index contributed by atoms with van der Waals surface area (Å²) in [4.78, 5) is 22.3. The molecule has 3 rings (SSSR count). The smallest absolute Gasteiger partial charge is 0.222 e. The number of guanidine groups is 1. The highest BCUT2D eigenvalue weighted by Gasteiger charge is 2.20. The van der Waals surface area contributed by atoms with Gasteiger partial charge in [0, 0.05) is 38.5 Å². The minimum atomic E-state index is -0.0561. The summed E-state index contributed by atoms with van der Waals surface area (Å²) in [6, 6.07) is 8.33. The number of rotatable bonds is 6. The lowest BCUT2D eigenvalue weighted by Gasteiger charge is -2.16. The minimum absolute atomic E-state index is 0. The Morgan fingerprint density at radius 3 is 2.40 bits per heavy atom. The van der Waals surface area contributed by atoms with E-state index in [0.717, 1.165) is 29.9 Å². The molecule has 2 aromatic rings. The van der Waals surface area contributed by atoms with Crippen molar-refractivity contribution < 1.29 is 9.21 Å². The third-order valence-corrected chi connectivity index (χ3v) is 4.95. The first-order chi connectivity index (χ1) is 13.8. The maximum atomic E-state index is 11.8. The van der Waals surface area contributed by atoms with Gasteiger partial charge in [0.15, 0.2) is 5.96 Å². The third-order valence-electron chi connectivity index (χ3n) is 4.95. The fraction of sp³-hybridized carbons (Fsp3) is 0.500. The van der Waals surface area contributed by atoms with E-state index in [-0.39, 0.29) is 35.3 Å². The SMILES string of the molecule is CN=C(NCc1ccc(CN2CCCC2=O)cc1)NCc1ncc(C(C)(C)C)o1.I. The number of aromatic nitrogens is 1. The second-order valence-corrected chi connectivity index (χ2v) is 8.38. The second kappa shape index (κ2) is 10.8. The van der Waals surface area contributed by atoms with Gasteiger partial charge < -0.3 is 20.0 Å². The number of benzene rings is 1. The van der Waals surface area contributed by atoms with E-state index in [1.165, 1.54) is 0 Å². The zero-order chi connectivity index (χ0) is 20.9. The van der Waals surface area contributed by atoms with Crippen LogP contribution in [0, 0.1) is 0 Å². The van der Waals surface area contributed by atoms with Crippen LogP contribution in [0.15, 0.2) is 39.9 Å². The lowest BCUT2D eigenvalue weighted by Crippen LogP contribution is -2.36. The van der Waals surface area contributed by atoms with Crippen LogP contribution in [0.3, 0.4) is 0 Å². The van der Waals surface area contributed by atoms with Gasteiger partial charge in [-0.25, -0.2) is 4.98 Å². The van der Waals surface area contributed by atoms with Crippen molar-refractivity contribution >= 4 is 35.8 Å². The highest BCUT2D eigenvalue weighted by molar-refractivity contribution is 14.0. The van der Waals surface area contributed by atoms with Gasteiger partial charge in [-0.05, 0) is 17.5 Å². The predicted octanol–water partition coefficient (Wildman–Crippen LogP) is 3.58. The third kappa shape index (κ3) is 6.72. The summed E-state index contributed by atoms with van der Waals surface area (Å²) < 4.78 is 5.80. The molecule has 0 radical (unpaired) electrons. The molecule has 0 spiro atoms. The normalized spacial score (nSPS) is 14.6. The molecular formula is C22H32IN5O2. The van der Waals surface area contributed by atoms with Gasteiger partial charge in [-0.3, -0.25) is 9.79 Å². The highest BCUT2D eigenvalue weighted by atomic mass is 127. The molecule has 1 saturated heterocycles. The Morgan fingerprint density at radius 1 is 1.17 bits per heavy atom. The molecule has 2 N–H and O–H groups in total. The van der Waals surface area contributed by atoms with Crippen molar-refractivity contribution in [3.63, 3.8) is 0 Å². The fourth-order valence-corrected chi connectivity index (χ4v) is 3.16. The van der Waals surface area contributed by atoms with Crippen LogP contribution in [-0.4, -0.2) is 35.3 Å². The molecule has 1 aromatic carbocycles. The quantitative estimate of drug-likeness (QED) is 0.343. The molecule has 7 nitrogen and oxygen atoms in total. The van der Waals surface area contributed by atoms with Crippen molar-refractivity contribution in [1.29, 1.82) is 0 Å². The first-order valence-electron chi connectivity index (χ1n) is 10.1. The van der Waals surface area contributed by atoms with Crippen molar-refractivity contribution in [3.8, 4) is 0 Å². The molecule has 0 aliphatic carbocycles. The Labute approximate surface area is 195 Å². The van der Waals surface area contributed by atoms with E-state index in [4.69, 9.17) is 4.42 Å². The van der Waals surface area contributed by atoms with E-state index >= 15 is 0 Å². The van der Waals surface area contributed by atoms with Crippen LogP contribution < -0.4 is 10.6 Å². The maximum absolute atomic E-state index is 11.8. The van der Waals surface area contributed by atoms with Gasteiger partial charge in [0.05, 0.1) is 12.7 Å². The van der Waals surface area contributed by atoms with Gasteiger partial charge in [-0.2, -0.15) is 0 Å². The van der Waals surface area contributed by atoms with Crippen molar-refractivity contribution in [2.75, 3.05) is 13.6 Å². The van der Waals surface area contributed by atoms with E-state index in [2.05, 4.69) is 65.6 Å². The molecule has 0 bridgehead atoms. The number of nitrogens with one attached hydrogen (secondary N) is 2. The number of aliphatic imine (C=N–C) groups is 1. The molecule has 164 valence electrons. The second-order valence-electron chi connectivity index (χ2n) is 8.38. The Hall–Kier alpha value is -2.10. The van der Waals surface area contributed by atoms with Gasteiger partial charge in [-0.1, -0.05) is 45.0 Å². The summed E-state index contributed by atoms with van der Waals surface area (Å²) in [5.74, 6) is 2.45. The molecule has 30 heavy (non-hydrogen) atoms. The van der Waals surface area contributed by atoms with Crippen LogP contribution in [0.1, 0.15) is 56.4 Å². The summed E-state index contributed by atoms with van der Waals surface area (Å²) in [7, 11) is 1.74. The Bertz CT molecular complexity index is 855. The average Bonchev–Trinajstić information content (AvgIpc) is 3.32. The van der Waals surface area contributed by atoms with Crippen molar-refractivity contribution in [2.24, 2.45) is 4.99 Å². The maximum Gasteiger partial charge on any atom is 0.222 e. The number of carbonyl (C=O) groups is 1. The standard InChI is InChI=1S/C22H31N5O2.HI/c1-22(2,3)18-13-24-19(29-18)14-26-21(23-4)25-12-16-7-9-17(10-8-16)15-27-11-5-6-20(27)28;/h7-10,13H,5-6,11-12,14-15H2,1-4H3,(H2,23,25,26);1H. The van der Waals surface area contributed by atoms with E-state index in [1.54, 1.807) is 13.2 Å². The van der Waals surface area contributed by atoms with Gasteiger partial charge in [0.25, 0.3) is 0 Å². The number of likely N-dealkylation sites (tertiary alicyclic amines) is 1. The molecule has 0 unspecified atom stereocenters. The Kier molecular flexibility index (Phi) is 8.69.